The van der Waals surface area contributed by atoms with Crippen molar-refractivity contribution in [1.82, 2.24) is 5.32 Å². The molecule has 21 heavy (non-hydrogen) atoms. The van der Waals surface area contributed by atoms with E-state index in [4.69, 9.17) is 0 Å². The third kappa shape index (κ3) is 6.13. The average molecular weight is 297 g/mol. The van der Waals surface area contributed by atoms with Crippen LogP contribution in [0.15, 0.2) is 18.2 Å². The predicted molar refractivity (Wildman–Crippen MR) is 85.4 cm³/mol. The molecule has 1 nitrogen and oxygen atoms in total. The van der Waals surface area contributed by atoms with Crippen molar-refractivity contribution in [3.63, 3.8) is 0 Å². The maximum atomic E-state index is 13.9. The normalized spacial score (nSPS) is 14.1. The fourth-order valence-electron chi connectivity index (χ4n) is 2.83. The number of unbranched alkanes of at least 4 members (excludes halogenated alkanes) is 1. The van der Waals surface area contributed by atoms with E-state index in [0.29, 0.717) is 17.9 Å². The van der Waals surface area contributed by atoms with Crippen LogP contribution in [0.25, 0.3) is 0 Å². The third-order valence-electron chi connectivity index (χ3n) is 4.13. The summed E-state index contributed by atoms with van der Waals surface area (Å²) >= 11 is 0. The molecule has 0 bridgehead atoms. The van der Waals surface area contributed by atoms with Crippen LogP contribution in [0.4, 0.5) is 8.78 Å². The topological polar surface area (TPSA) is 12.0 Å². The van der Waals surface area contributed by atoms with Gasteiger partial charge in [0.1, 0.15) is 11.6 Å². The van der Waals surface area contributed by atoms with Gasteiger partial charge in [-0.05, 0) is 55.5 Å². The minimum atomic E-state index is -0.359. The van der Waals surface area contributed by atoms with Crippen LogP contribution < -0.4 is 5.32 Å². The van der Waals surface area contributed by atoms with Gasteiger partial charge in [-0.1, -0.05) is 40.0 Å². The zero-order valence-corrected chi connectivity index (χ0v) is 13.6. The van der Waals surface area contributed by atoms with E-state index in [2.05, 4.69) is 26.1 Å². The molecule has 0 aromatic heterocycles. The van der Waals surface area contributed by atoms with Crippen LogP contribution in [0.3, 0.4) is 0 Å². The molecule has 0 spiro atoms. The van der Waals surface area contributed by atoms with Crippen molar-refractivity contribution < 1.29 is 8.78 Å². The summed E-state index contributed by atoms with van der Waals surface area (Å²) in [6.07, 6.45) is 6.18. The number of halogens is 2. The summed E-state index contributed by atoms with van der Waals surface area (Å²) < 4.78 is 27.2. The van der Waals surface area contributed by atoms with Gasteiger partial charge in [-0.15, -0.1) is 0 Å². The highest BCUT2D eigenvalue weighted by molar-refractivity contribution is 5.20. The van der Waals surface area contributed by atoms with Crippen molar-refractivity contribution in [3.8, 4) is 0 Å². The van der Waals surface area contributed by atoms with Crippen molar-refractivity contribution in [2.75, 3.05) is 6.54 Å². The van der Waals surface area contributed by atoms with Crippen molar-refractivity contribution >= 4 is 0 Å². The Bertz CT molecular complexity index is 406. The number of nitrogens with one attached hydrogen (secondary N) is 1. The van der Waals surface area contributed by atoms with Gasteiger partial charge in [0.05, 0.1) is 0 Å². The maximum absolute atomic E-state index is 13.9. The molecule has 0 amide bonds. The molecule has 0 aliphatic rings. The molecular formula is C18H29F2N. The summed E-state index contributed by atoms with van der Waals surface area (Å²) in [6, 6.07) is 3.97. The van der Waals surface area contributed by atoms with Crippen LogP contribution in [0.2, 0.25) is 0 Å². The Labute approximate surface area is 128 Å². The molecule has 120 valence electrons. The zero-order chi connectivity index (χ0) is 15.7. The van der Waals surface area contributed by atoms with Gasteiger partial charge in [0.15, 0.2) is 0 Å². The molecular weight excluding hydrogens is 268 g/mol. The van der Waals surface area contributed by atoms with E-state index in [9.17, 15) is 8.78 Å². The Hall–Kier alpha value is -0.960. The molecule has 0 aliphatic carbocycles. The Kier molecular flexibility index (Phi) is 8.51. The van der Waals surface area contributed by atoms with Gasteiger partial charge >= 0.3 is 0 Å². The van der Waals surface area contributed by atoms with Crippen molar-refractivity contribution in [3.05, 3.63) is 35.4 Å². The second-order valence-electron chi connectivity index (χ2n) is 5.81. The largest absolute Gasteiger partial charge is 0.313 e. The van der Waals surface area contributed by atoms with Gasteiger partial charge in [0.25, 0.3) is 0 Å². The predicted octanol–water partition coefficient (Wildman–Crippen LogP) is 5.09. The molecule has 1 aromatic rings. The standard InChI is InChI=1S/C18H29F2N/c1-4-7-8-14(6-3)18(21-11-5-2)13-15-12-16(19)9-10-17(15)20/h9-10,12,14,18,21H,4-8,11,13H2,1-3H3. The maximum Gasteiger partial charge on any atom is 0.126 e. The first-order valence-electron chi connectivity index (χ1n) is 8.29. The van der Waals surface area contributed by atoms with E-state index in [0.717, 1.165) is 25.8 Å². The van der Waals surface area contributed by atoms with Crippen molar-refractivity contribution in [2.24, 2.45) is 5.92 Å². The Morgan fingerprint density at radius 2 is 1.86 bits per heavy atom. The summed E-state index contributed by atoms with van der Waals surface area (Å²) in [6.45, 7) is 7.42. The first kappa shape index (κ1) is 18.1. The smallest absolute Gasteiger partial charge is 0.126 e. The van der Waals surface area contributed by atoms with Crippen molar-refractivity contribution in [2.45, 2.75) is 65.3 Å². The van der Waals surface area contributed by atoms with Crippen LogP contribution in [0.5, 0.6) is 0 Å². The van der Waals surface area contributed by atoms with E-state index in [1.165, 1.54) is 31.0 Å². The minimum absolute atomic E-state index is 0.220. The first-order chi connectivity index (χ1) is 10.1. The van der Waals surface area contributed by atoms with E-state index in [1.807, 2.05) is 0 Å². The zero-order valence-electron chi connectivity index (χ0n) is 13.6. The fourth-order valence-corrected chi connectivity index (χ4v) is 2.83. The molecule has 0 fully saturated rings. The molecule has 1 N–H and O–H groups in total. The summed E-state index contributed by atoms with van der Waals surface area (Å²) in [7, 11) is 0. The van der Waals surface area contributed by atoms with Crippen LogP contribution in [-0.2, 0) is 6.42 Å². The molecule has 0 saturated heterocycles. The summed E-state index contributed by atoms with van der Waals surface area (Å²) in [5, 5.41) is 3.54. The van der Waals surface area contributed by atoms with Gasteiger partial charge in [-0.25, -0.2) is 8.78 Å². The average Bonchev–Trinajstić information content (AvgIpc) is 2.48. The second-order valence-corrected chi connectivity index (χ2v) is 5.81. The first-order valence-corrected chi connectivity index (χ1v) is 8.29. The fraction of sp³-hybridized carbons (Fsp3) is 0.667. The van der Waals surface area contributed by atoms with E-state index < -0.39 is 0 Å². The number of hydrogen-bond acceptors (Lipinski definition) is 1. The van der Waals surface area contributed by atoms with Crippen LogP contribution in [0.1, 0.15) is 58.4 Å². The van der Waals surface area contributed by atoms with Gasteiger partial charge in [-0.2, -0.15) is 0 Å². The monoisotopic (exact) mass is 297 g/mol. The van der Waals surface area contributed by atoms with Crippen molar-refractivity contribution in [1.29, 1.82) is 0 Å². The molecule has 1 rings (SSSR count). The molecule has 0 saturated carbocycles. The highest BCUT2D eigenvalue weighted by atomic mass is 19.1. The summed E-state index contributed by atoms with van der Waals surface area (Å²) in [4.78, 5) is 0. The molecule has 0 heterocycles. The minimum Gasteiger partial charge on any atom is -0.313 e. The van der Waals surface area contributed by atoms with E-state index in [1.54, 1.807) is 0 Å². The van der Waals surface area contributed by atoms with Gasteiger partial charge < -0.3 is 5.32 Å². The van der Waals surface area contributed by atoms with Crippen LogP contribution in [0, 0.1) is 17.6 Å². The van der Waals surface area contributed by atoms with E-state index >= 15 is 0 Å². The molecule has 0 aliphatic heterocycles. The quantitative estimate of drug-likeness (QED) is 0.634. The lowest BCUT2D eigenvalue weighted by atomic mass is 9.87. The molecule has 1 aromatic carbocycles. The summed E-state index contributed by atoms with van der Waals surface area (Å²) in [5.74, 6) is -0.147. The van der Waals surface area contributed by atoms with Crippen LogP contribution in [-0.4, -0.2) is 12.6 Å². The lowest BCUT2D eigenvalue weighted by Gasteiger charge is -2.28. The van der Waals surface area contributed by atoms with E-state index in [-0.39, 0.29) is 17.7 Å². The Morgan fingerprint density at radius 3 is 2.48 bits per heavy atom. The lowest BCUT2D eigenvalue weighted by Crippen LogP contribution is -2.38. The highest BCUT2D eigenvalue weighted by Gasteiger charge is 2.21. The molecule has 3 heteroatoms. The molecule has 0 radical (unpaired) electrons. The lowest BCUT2D eigenvalue weighted by molar-refractivity contribution is 0.313. The molecule has 2 unspecified atom stereocenters. The number of rotatable bonds is 10. The highest BCUT2D eigenvalue weighted by Crippen LogP contribution is 2.22. The second kappa shape index (κ2) is 9.88. The van der Waals surface area contributed by atoms with Gasteiger partial charge in [-0.3, -0.25) is 0 Å². The molecule has 2 atom stereocenters. The summed E-state index contributed by atoms with van der Waals surface area (Å²) in [5.41, 5.74) is 0.485. The SMILES string of the molecule is CCCCC(CC)C(Cc1cc(F)ccc1F)NCCC. The van der Waals surface area contributed by atoms with Gasteiger partial charge in [0, 0.05) is 6.04 Å². The van der Waals surface area contributed by atoms with Crippen LogP contribution >= 0.6 is 0 Å². The number of hydrogen-bond donors (Lipinski definition) is 1. The number of benzene rings is 1. The third-order valence-corrected chi connectivity index (χ3v) is 4.13. The Balaban J connectivity index is 2.82. The Morgan fingerprint density at radius 1 is 1.10 bits per heavy atom. The van der Waals surface area contributed by atoms with Gasteiger partial charge in [0.2, 0.25) is 0 Å².